The molecular formula is C20H20N6OS. The van der Waals surface area contributed by atoms with E-state index < -0.39 is 0 Å². The van der Waals surface area contributed by atoms with Crippen LogP contribution in [0.25, 0.3) is 22.3 Å². The molecule has 4 aromatic rings. The molecular weight excluding hydrogens is 372 g/mol. The van der Waals surface area contributed by atoms with Gasteiger partial charge in [0.05, 0.1) is 11.6 Å². The van der Waals surface area contributed by atoms with Crippen LogP contribution in [0.4, 0.5) is 5.82 Å². The van der Waals surface area contributed by atoms with Gasteiger partial charge in [0.15, 0.2) is 11.6 Å². The molecule has 7 nitrogen and oxygen atoms in total. The summed E-state index contributed by atoms with van der Waals surface area (Å²) in [7, 11) is 1.66. The highest BCUT2D eigenvalue weighted by Gasteiger charge is 2.25. The summed E-state index contributed by atoms with van der Waals surface area (Å²) in [4.78, 5) is 14.3. The van der Waals surface area contributed by atoms with E-state index in [2.05, 4.69) is 21.9 Å². The van der Waals surface area contributed by atoms with Crippen LogP contribution in [0.1, 0.15) is 30.5 Å². The first-order valence-corrected chi connectivity index (χ1v) is 10.2. The SMILES string of the molecule is COCc1nc2n(n1)CCCC2Nc1nc(-c2ccsc2)nc2ccccc12. The average molecular weight is 392 g/mol. The zero-order valence-corrected chi connectivity index (χ0v) is 16.3. The number of nitrogens with zero attached hydrogens (tertiary/aromatic N) is 5. The van der Waals surface area contributed by atoms with Crippen molar-refractivity contribution in [2.75, 3.05) is 12.4 Å². The Hall–Kier alpha value is -2.84. The highest BCUT2D eigenvalue weighted by molar-refractivity contribution is 7.08. The molecule has 28 heavy (non-hydrogen) atoms. The number of rotatable bonds is 5. The molecule has 0 amide bonds. The highest BCUT2D eigenvalue weighted by Crippen LogP contribution is 2.31. The van der Waals surface area contributed by atoms with Crippen LogP contribution in [0.5, 0.6) is 0 Å². The fraction of sp³-hybridized carbons (Fsp3) is 0.300. The van der Waals surface area contributed by atoms with Crippen molar-refractivity contribution in [1.82, 2.24) is 24.7 Å². The van der Waals surface area contributed by atoms with Gasteiger partial charge in [0.1, 0.15) is 18.2 Å². The van der Waals surface area contributed by atoms with Gasteiger partial charge in [-0.2, -0.15) is 16.4 Å². The molecule has 1 aliphatic heterocycles. The maximum Gasteiger partial charge on any atom is 0.176 e. The van der Waals surface area contributed by atoms with Crippen LogP contribution in [0.2, 0.25) is 0 Å². The number of benzene rings is 1. The predicted molar refractivity (Wildman–Crippen MR) is 109 cm³/mol. The van der Waals surface area contributed by atoms with Crippen molar-refractivity contribution in [3.8, 4) is 11.4 Å². The van der Waals surface area contributed by atoms with Crippen LogP contribution in [0, 0.1) is 0 Å². The first-order chi connectivity index (χ1) is 13.8. The van der Waals surface area contributed by atoms with Gasteiger partial charge in [-0.05, 0) is 36.4 Å². The van der Waals surface area contributed by atoms with Crippen LogP contribution in [0.3, 0.4) is 0 Å². The van der Waals surface area contributed by atoms with Gasteiger partial charge >= 0.3 is 0 Å². The average Bonchev–Trinajstić information content (AvgIpc) is 3.38. The lowest BCUT2D eigenvalue weighted by atomic mass is 10.1. The molecule has 0 saturated carbocycles. The van der Waals surface area contributed by atoms with Gasteiger partial charge in [-0.15, -0.1) is 0 Å². The van der Waals surface area contributed by atoms with Crippen molar-refractivity contribution < 1.29 is 4.74 Å². The van der Waals surface area contributed by atoms with E-state index in [0.29, 0.717) is 6.61 Å². The number of hydrogen-bond donors (Lipinski definition) is 1. The molecule has 142 valence electrons. The molecule has 1 atom stereocenters. The molecule has 1 unspecified atom stereocenters. The predicted octanol–water partition coefficient (Wildman–Crippen LogP) is 4.04. The topological polar surface area (TPSA) is 77.8 Å². The van der Waals surface area contributed by atoms with Crippen molar-refractivity contribution in [3.63, 3.8) is 0 Å². The maximum absolute atomic E-state index is 5.20. The quantitative estimate of drug-likeness (QED) is 0.552. The lowest BCUT2D eigenvalue weighted by Gasteiger charge is -2.24. The van der Waals surface area contributed by atoms with E-state index in [1.165, 1.54) is 0 Å². The minimum Gasteiger partial charge on any atom is -0.377 e. The minimum absolute atomic E-state index is 0.0560. The van der Waals surface area contributed by atoms with Crippen molar-refractivity contribution >= 4 is 28.1 Å². The van der Waals surface area contributed by atoms with Crippen LogP contribution in [-0.4, -0.2) is 31.8 Å². The Labute approximate surface area is 166 Å². The van der Waals surface area contributed by atoms with E-state index in [1.807, 2.05) is 34.3 Å². The Balaban J connectivity index is 1.55. The lowest BCUT2D eigenvalue weighted by molar-refractivity contribution is 0.177. The molecule has 0 fully saturated rings. The summed E-state index contributed by atoms with van der Waals surface area (Å²) in [5, 5.41) is 13.3. The standard InChI is InChI=1S/C20H20N6OS/c1-27-11-17-23-20-16(7-4-9-26(20)25-17)22-19-14-5-2-3-6-15(14)21-18(24-19)13-8-10-28-12-13/h2-3,5-6,8,10,12,16H,4,7,9,11H2,1H3,(H,21,22,24). The van der Waals surface area contributed by atoms with E-state index in [0.717, 1.165) is 59.1 Å². The third-order valence-corrected chi connectivity index (χ3v) is 5.57. The summed E-state index contributed by atoms with van der Waals surface area (Å²) in [5.74, 6) is 3.23. The zero-order valence-electron chi connectivity index (χ0n) is 15.5. The normalized spacial score (nSPS) is 16.2. The largest absolute Gasteiger partial charge is 0.377 e. The first kappa shape index (κ1) is 17.3. The number of aromatic nitrogens is 5. The smallest absolute Gasteiger partial charge is 0.176 e. The number of aryl methyl sites for hydroxylation is 1. The number of thiophene rings is 1. The van der Waals surface area contributed by atoms with Crippen molar-refractivity contribution in [2.45, 2.75) is 32.0 Å². The molecule has 8 heteroatoms. The summed E-state index contributed by atoms with van der Waals surface area (Å²) in [6.45, 7) is 1.31. The van der Waals surface area contributed by atoms with Gasteiger partial charge < -0.3 is 10.1 Å². The maximum atomic E-state index is 5.20. The van der Waals surface area contributed by atoms with E-state index in [-0.39, 0.29) is 6.04 Å². The second kappa shape index (κ2) is 7.29. The molecule has 0 saturated heterocycles. The highest BCUT2D eigenvalue weighted by atomic mass is 32.1. The Bertz CT molecular complexity index is 1110. The molecule has 1 N–H and O–H groups in total. The minimum atomic E-state index is 0.0560. The van der Waals surface area contributed by atoms with Gasteiger partial charge in [-0.3, -0.25) is 0 Å². The van der Waals surface area contributed by atoms with Gasteiger partial charge in [0.2, 0.25) is 0 Å². The van der Waals surface area contributed by atoms with E-state index >= 15 is 0 Å². The molecule has 3 aromatic heterocycles. The van der Waals surface area contributed by atoms with Crippen LogP contribution in [-0.2, 0) is 17.9 Å². The number of para-hydroxylation sites is 1. The van der Waals surface area contributed by atoms with Gasteiger partial charge in [0.25, 0.3) is 0 Å². The second-order valence-corrected chi connectivity index (χ2v) is 7.59. The number of fused-ring (bicyclic) bond motifs is 2. The molecule has 1 aromatic carbocycles. The van der Waals surface area contributed by atoms with Crippen LogP contribution in [0.15, 0.2) is 41.1 Å². The second-order valence-electron chi connectivity index (χ2n) is 6.81. The summed E-state index contributed by atoms with van der Waals surface area (Å²) >= 11 is 1.65. The Morgan fingerprint density at radius 1 is 1.21 bits per heavy atom. The monoisotopic (exact) mass is 392 g/mol. The fourth-order valence-corrected chi connectivity index (χ4v) is 4.23. The molecule has 0 radical (unpaired) electrons. The Morgan fingerprint density at radius 2 is 2.14 bits per heavy atom. The number of ether oxygens (including phenoxy) is 1. The number of anilines is 1. The summed E-state index contributed by atoms with van der Waals surface area (Å²) in [5.41, 5.74) is 1.96. The van der Waals surface area contributed by atoms with E-state index in [9.17, 15) is 0 Å². The zero-order chi connectivity index (χ0) is 18.9. The Kier molecular flexibility index (Phi) is 4.50. The number of nitrogens with one attached hydrogen (secondary N) is 1. The van der Waals surface area contributed by atoms with Crippen LogP contribution < -0.4 is 5.32 Å². The number of methoxy groups -OCH3 is 1. The lowest BCUT2D eigenvalue weighted by Crippen LogP contribution is -2.23. The van der Waals surface area contributed by atoms with Gasteiger partial charge in [-0.1, -0.05) is 12.1 Å². The Morgan fingerprint density at radius 3 is 3.00 bits per heavy atom. The third kappa shape index (κ3) is 3.14. The molecule has 5 rings (SSSR count). The number of hydrogen-bond acceptors (Lipinski definition) is 7. The van der Waals surface area contributed by atoms with Crippen LogP contribution >= 0.6 is 11.3 Å². The molecule has 1 aliphatic rings. The molecule has 0 aliphatic carbocycles. The molecule has 0 bridgehead atoms. The van der Waals surface area contributed by atoms with Gasteiger partial charge in [0, 0.05) is 30.0 Å². The first-order valence-electron chi connectivity index (χ1n) is 9.30. The van der Waals surface area contributed by atoms with Crippen molar-refractivity contribution in [3.05, 3.63) is 52.7 Å². The van der Waals surface area contributed by atoms with E-state index in [4.69, 9.17) is 19.7 Å². The summed E-state index contributed by atoms with van der Waals surface area (Å²) < 4.78 is 7.18. The molecule has 4 heterocycles. The van der Waals surface area contributed by atoms with Gasteiger partial charge in [-0.25, -0.2) is 19.6 Å². The third-order valence-electron chi connectivity index (χ3n) is 4.89. The van der Waals surface area contributed by atoms with Crippen molar-refractivity contribution in [2.24, 2.45) is 0 Å². The summed E-state index contributed by atoms with van der Waals surface area (Å²) in [6.07, 6.45) is 2.03. The fourth-order valence-electron chi connectivity index (χ4n) is 3.60. The van der Waals surface area contributed by atoms with Crippen molar-refractivity contribution in [1.29, 1.82) is 0 Å². The summed E-state index contributed by atoms with van der Waals surface area (Å²) in [6, 6.07) is 10.2. The molecule has 0 spiro atoms. The van der Waals surface area contributed by atoms with E-state index in [1.54, 1.807) is 18.4 Å².